The van der Waals surface area contributed by atoms with Crippen LogP contribution in [0.4, 0.5) is 0 Å². The number of nitrogens with zero attached hydrogens (tertiary/aromatic N) is 1. The molecule has 0 spiro atoms. The van der Waals surface area contributed by atoms with E-state index in [2.05, 4.69) is 31.0 Å². The molecule has 0 amide bonds. The van der Waals surface area contributed by atoms with E-state index in [1.807, 2.05) is 52.9 Å². The van der Waals surface area contributed by atoms with Crippen LogP contribution in [-0.2, 0) is 0 Å². The largest absolute Gasteiger partial charge is 0.496 e. The molecule has 0 saturated heterocycles. The van der Waals surface area contributed by atoms with Gasteiger partial charge in [-0.2, -0.15) is 12.6 Å². The van der Waals surface area contributed by atoms with Crippen LogP contribution in [0.3, 0.4) is 0 Å². The van der Waals surface area contributed by atoms with Gasteiger partial charge in [0, 0.05) is 17.6 Å². The van der Waals surface area contributed by atoms with Gasteiger partial charge in [-0.05, 0) is 44.7 Å². The van der Waals surface area contributed by atoms with Gasteiger partial charge in [-0.15, -0.1) is 0 Å². The molecule has 1 aromatic heterocycles. The van der Waals surface area contributed by atoms with E-state index in [4.69, 9.17) is 4.74 Å². The van der Waals surface area contributed by atoms with Gasteiger partial charge in [0.05, 0.1) is 18.2 Å². The van der Waals surface area contributed by atoms with Gasteiger partial charge < -0.3 is 9.30 Å². The van der Waals surface area contributed by atoms with Crippen LogP contribution >= 0.6 is 12.6 Å². The van der Waals surface area contributed by atoms with Crippen molar-refractivity contribution in [3.8, 4) is 5.75 Å². The zero-order valence-corrected chi connectivity index (χ0v) is 17.0. The highest BCUT2D eigenvalue weighted by Gasteiger charge is 2.14. The number of rotatable bonds is 3. The third-order valence-corrected chi connectivity index (χ3v) is 3.09. The second kappa shape index (κ2) is 13.1. The minimum atomic E-state index is 0.374. The summed E-state index contributed by atoms with van der Waals surface area (Å²) < 4.78 is 7.43. The summed E-state index contributed by atoms with van der Waals surface area (Å²) in [6.45, 7) is 14.3. The van der Waals surface area contributed by atoms with Crippen LogP contribution in [0.15, 0.2) is 18.3 Å². The molecule has 0 fully saturated rings. The van der Waals surface area contributed by atoms with Crippen LogP contribution in [0.2, 0.25) is 0 Å². The number of aromatic nitrogens is 1. The summed E-state index contributed by atoms with van der Waals surface area (Å²) in [6, 6.07) is 4.28. The standard InChI is InChI=1S/C14H17NO2.2C2H6.CH4S/c1-9(2)15-6-5-11-12(8-16)13(17-4)7-10(3)14(11)15;3*1-2/h5-9H,1-4H3;2*1-2H3;2H,1H3. The molecule has 0 radical (unpaired) electrons. The van der Waals surface area contributed by atoms with Crippen LogP contribution < -0.4 is 4.74 Å². The summed E-state index contributed by atoms with van der Waals surface area (Å²) in [5, 5.41) is 0.963. The molecule has 1 heterocycles. The third kappa shape index (κ3) is 5.61. The SMILES string of the molecule is CC.CC.COc1cc(C)c2c(ccn2C(C)C)c1C=O.CS. The van der Waals surface area contributed by atoms with Crippen molar-refractivity contribution < 1.29 is 9.53 Å². The Hall–Kier alpha value is -1.42. The molecule has 2 aromatic rings. The molecule has 132 valence electrons. The molecule has 0 aliphatic heterocycles. The second-order valence-corrected chi connectivity index (χ2v) is 4.51. The fraction of sp³-hybridized carbons (Fsp3) is 0.526. The van der Waals surface area contributed by atoms with Crippen molar-refractivity contribution in [3.05, 3.63) is 29.5 Å². The molecular formula is C19H33NO2S. The van der Waals surface area contributed by atoms with Crippen molar-refractivity contribution in [2.75, 3.05) is 13.4 Å². The minimum Gasteiger partial charge on any atom is -0.496 e. The number of aldehydes is 1. The predicted octanol–water partition coefficient (Wildman–Crippen LogP) is 5.95. The highest BCUT2D eigenvalue weighted by atomic mass is 32.1. The van der Waals surface area contributed by atoms with Crippen molar-refractivity contribution in [2.24, 2.45) is 0 Å². The van der Waals surface area contributed by atoms with Crippen LogP contribution in [0, 0.1) is 6.92 Å². The topological polar surface area (TPSA) is 31.2 Å². The van der Waals surface area contributed by atoms with Crippen LogP contribution in [-0.4, -0.2) is 24.2 Å². The fourth-order valence-corrected chi connectivity index (χ4v) is 2.28. The number of fused-ring (bicyclic) bond motifs is 1. The Labute approximate surface area is 147 Å². The molecule has 3 nitrogen and oxygen atoms in total. The summed E-state index contributed by atoms with van der Waals surface area (Å²) >= 11 is 3.53. The first-order valence-corrected chi connectivity index (χ1v) is 9.07. The molecule has 0 unspecified atom stereocenters. The fourth-order valence-electron chi connectivity index (χ4n) is 2.28. The average Bonchev–Trinajstić information content (AvgIpc) is 3.06. The van der Waals surface area contributed by atoms with E-state index < -0.39 is 0 Å². The number of carbonyl (C=O) groups is 1. The Balaban J connectivity index is 0. The number of methoxy groups -OCH3 is 1. The molecular weight excluding hydrogens is 306 g/mol. The first-order chi connectivity index (χ1) is 11.1. The number of benzene rings is 1. The maximum absolute atomic E-state index is 11.2. The summed E-state index contributed by atoms with van der Waals surface area (Å²) in [5.74, 6) is 0.645. The van der Waals surface area contributed by atoms with E-state index in [9.17, 15) is 4.79 Å². The molecule has 0 saturated carbocycles. The number of hydrogen-bond donors (Lipinski definition) is 1. The van der Waals surface area contributed by atoms with Crippen molar-refractivity contribution in [1.82, 2.24) is 4.57 Å². The van der Waals surface area contributed by atoms with Crippen molar-refractivity contribution >= 4 is 29.8 Å². The first kappa shape index (κ1) is 23.8. The lowest BCUT2D eigenvalue weighted by molar-refractivity contribution is 0.112. The van der Waals surface area contributed by atoms with E-state index in [-0.39, 0.29) is 0 Å². The maximum atomic E-state index is 11.2. The molecule has 4 heteroatoms. The molecule has 23 heavy (non-hydrogen) atoms. The van der Waals surface area contributed by atoms with Gasteiger partial charge in [-0.3, -0.25) is 4.79 Å². The number of carbonyl (C=O) groups excluding carboxylic acids is 1. The van der Waals surface area contributed by atoms with Gasteiger partial charge in [0.1, 0.15) is 5.75 Å². The lowest BCUT2D eigenvalue weighted by Crippen LogP contribution is -2.01. The smallest absolute Gasteiger partial charge is 0.154 e. The minimum absolute atomic E-state index is 0.374. The summed E-state index contributed by atoms with van der Waals surface area (Å²) in [6.07, 6.45) is 4.58. The molecule has 0 aliphatic carbocycles. The highest BCUT2D eigenvalue weighted by molar-refractivity contribution is 7.79. The second-order valence-electron chi connectivity index (χ2n) is 4.51. The Morgan fingerprint density at radius 3 is 2.09 bits per heavy atom. The Kier molecular flexibility index (Phi) is 13.5. The maximum Gasteiger partial charge on any atom is 0.154 e. The van der Waals surface area contributed by atoms with E-state index in [0.717, 1.165) is 22.8 Å². The van der Waals surface area contributed by atoms with Crippen LogP contribution in [0.1, 0.15) is 63.5 Å². The van der Waals surface area contributed by atoms with E-state index in [1.54, 1.807) is 13.4 Å². The van der Waals surface area contributed by atoms with Crippen molar-refractivity contribution in [1.29, 1.82) is 0 Å². The monoisotopic (exact) mass is 339 g/mol. The number of hydrogen-bond acceptors (Lipinski definition) is 3. The number of aryl methyl sites for hydroxylation is 1. The van der Waals surface area contributed by atoms with Crippen LogP contribution in [0.5, 0.6) is 5.75 Å². The van der Waals surface area contributed by atoms with Gasteiger partial charge in [0.25, 0.3) is 0 Å². The molecule has 0 aliphatic rings. The summed E-state index contributed by atoms with van der Waals surface area (Å²) in [7, 11) is 1.59. The number of thiol groups is 1. The van der Waals surface area contributed by atoms with E-state index in [0.29, 0.717) is 17.4 Å². The average molecular weight is 340 g/mol. The molecule has 0 N–H and O–H groups in total. The van der Waals surface area contributed by atoms with Gasteiger partial charge in [-0.25, -0.2) is 0 Å². The first-order valence-electron chi connectivity index (χ1n) is 8.18. The lowest BCUT2D eigenvalue weighted by Gasteiger charge is -2.13. The Morgan fingerprint density at radius 1 is 1.17 bits per heavy atom. The van der Waals surface area contributed by atoms with Crippen LogP contribution in [0.25, 0.3) is 10.9 Å². The Bertz CT molecular complexity index is 574. The Morgan fingerprint density at radius 2 is 1.70 bits per heavy atom. The zero-order chi connectivity index (χ0) is 18.6. The summed E-state index contributed by atoms with van der Waals surface area (Å²) in [4.78, 5) is 11.2. The van der Waals surface area contributed by atoms with Gasteiger partial charge in [0.2, 0.25) is 0 Å². The van der Waals surface area contributed by atoms with Gasteiger partial charge >= 0.3 is 0 Å². The quantitative estimate of drug-likeness (QED) is 0.553. The normalized spacial score (nSPS) is 9.00. The molecule has 0 atom stereocenters. The predicted molar refractivity (Wildman–Crippen MR) is 107 cm³/mol. The lowest BCUT2D eigenvalue weighted by atomic mass is 10.1. The van der Waals surface area contributed by atoms with Gasteiger partial charge in [0.15, 0.2) is 6.29 Å². The third-order valence-electron chi connectivity index (χ3n) is 3.09. The van der Waals surface area contributed by atoms with E-state index in [1.165, 1.54) is 0 Å². The molecule has 0 bridgehead atoms. The number of ether oxygens (including phenoxy) is 1. The summed E-state index contributed by atoms with van der Waals surface area (Å²) in [5.41, 5.74) is 2.87. The van der Waals surface area contributed by atoms with Gasteiger partial charge in [-0.1, -0.05) is 27.7 Å². The highest BCUT2D eigenvalue weighted by Crippen LogP contribution is 2.32. The van der Waals surface area contributed by atoms with Crippen molar-refractivity contribution in [3.63, 3.8) is 0 Å². The molecule has 2 rings (SSSR count). The van der Waals surface area contributed by atoms with E-state index >= 15 is 0 Å². The zero-order valence-electron chi connectivity index (χ0n) is 16.1. The molecule has 1 aromatic carbocycles. The van der Waals surface area contributed by atoms with Crippen molar-refractivity contribution in [2.45, 2.75) is 54.5 Å².